The van der Waals surface area contributed by atoms with Gasteiger partial charge in [-0.2, -0.15) is 0 Å². The largest absolute Gasteiger partial charge is 0.478 e. The summed E-state index contributed by atoms with van der Waals surface area (Å²) in [6.45, 7) is 0. The summed E-state index contributed by atoms with van der Waals surface area (Å²) in [5.41, 5.74) is -0.761. The van der Waals surface area contributed by atoms with E-state index in [1.165, 1.54) is 22.6 Å². The standard InChI is InChI=1S/C7H2ClF2IO2/c8-4-5(10)2(7(12)13)1-3(9)6(4)11/h1H,(H,12,13). The third-order valence-corrected chi connectivity index (χ3v) is 3.06. The molecule has 6 heteroatoms. The van der Waals surface area contributed by atoms with E-state index in [1.807, 2.05) is 0 Å². The molecule has 0 atom stereocenters. The normalized spacial score (nSPS) is 10.2. The summed E-state index contributed by atoms with van der Waals surface area (Å²) >= 11 is 6.84. The first kappa shape index (κ1) is 10.6. The summed E-state index contributed by atoms with van der Waals surface area (Å²) < 4.78 is 25.7. The minimum absolute atomic E-state index is 0.123. The van der Waals surface area contributed by atoms with Gasteiger partial charge in [-0.25, -0.2) is 13.6 Å². The van der Waals surface area contributed by atoms with Gasteiger partial charge >= 0.3 is 5.97 Å². The molecule has 0 heterocycles. The number of carboxylic acid groups (broad SMARTS) is 1. The van der Waals surface area contributed by atoms with Gasteiger partial charge in [-0.05, 0) is 28.7 Å². The Kier molecular flexibility index (Phi) is 3.07. The van der Waals surface area contributed by atoms with Crippen molar-refractivity contribution in [1.29, 1.82) is 0 Å². The first-order valence-electron chi connectivity index (χ1n) is 3.01. The molecule has 0 fully saturated rings. The van der Waals surface area contributed by atoms with Crippen LogP contribution >= 0.6 is 34.2 Å². The van der Waals surface area contributed by atoms with Gasteiger partial charge in [0.2, 0.25) is 0 Å². The van der Waals surface area contributed by atoms with E-state index in [0.29, 0.717) is 6.07 Å². The van der Waals surface area contributed by atoms with Gasteiger partial charge in [0.05, 0.1) is 14.2 Å². The van der Waals surface area contributed by atoms with Crippen LogP contribution in [0.2, 0.25) is 5.02 Å². The first-order chi connectivity index (χ1) is 5.95. The summed E-state index contributed by atoms with van der Waals surface area (Å²) in [4.78, 5) is 10.4. The molecule has 1 N–H and O–H groups in total. The predicted octanol–water partition coefficient (Wildman–Crippen LogP) is 2.92. The van der Waals surface area contributed by atoms with Crippen LogP contribution in [0, 0.1) is 15.2 Å². The van der Waals surface area contributed by atoms with Gasteiger partial charge in [0.15, 0.2) is 5.82 Å². The molecule has 13 heavy (non-hydrogen) atoms. The quantitative estimate of drug-likeness (QED) is 0.491. The Balaban J connectivity index is 3.50. The van der Waals surface area contributed by atoms with Gasteiger partial charge in [0.1, 0.15) is 5.82 Å². The number of aromatic carboxylic acids is 1. The van der Waals surface area contributed by atoms with Crippen LogP contribution in [0.4, 0.5) is 8.78 Å². The molecule has 0 bridgehead atoms. The highest BCUT2D eigenvalue weighted by Gasteiger charge is 2.19. The number of carbonyl (C=O) groups is 1. The molecule has 0 radical (unpaired) electrons. The molecule has 0 unspecified atom stereocenters. The molecule has 0 saturated carbocycles. The number of rotatable bonds is 1. The SMILES string of the molecule is O=C(O)c1cc(F)c(I)c(Cl)c1F. The molecular formula is C7H2ClF2IO2. The monoisotopic (exact) mass is 318 g/mol. The van der Waals surface area contributed by atoms with E-state index in [4.69, 9.17) is 16.7 Å². The summed E-state index contributed by atoms with van der Waals surface area (Å²) in [5.74, 6) is -3.50. The molecule has 0 saturated heterocycles. The van der Waals surface area contributed by atoms with Crippen LogP contribution in [0.3, 0.4) is 0 Å². The molecule has 0 aromatic heterocycles. The topological polar surface area (TPSA) is 37.3 Å². The summed E-state index contributed by atoms with van der Waals surface area (Å²) in [6.07, 6.45) is 0. The van der Waals surface area contributed by atoms with Crippen molar-refractivity contribution in [2.45, 2.75) is 0 Å². The number of halogens is 4. The summed E-state index contributed by atoms with van der Waals surface area (Å²) in [7, 11) is 0. The minimum Gasteiger partial charge on any atom is -0.478 e. The van der Waals surface area contributed by atoms with E-state index in [0.717, 1.165) is 0 Å². The van der Waals surface area contributed by atoms with Crippen molar-refractivity contribution in [3.8, 4) is 0 Å². The Hall–Kier alpha value is -0.430. The summed E-state index contributed by atoms with van der Waals surface area (Å²) in [6, 6.07) is 0.602. The fourth-order valence-corrected chi connectivity index (χ4v) is 1.31. The van der Waals surface area contributed by atoms with Crippen molar-refractivity contribution in [2.24, 2.45) is 0 Å². The van der Waals surface area contributed by atoms with Gasteiger partial charge in [0, 0.05) is 0 Å². The second kappa shape index (κ2) is 3.75. The van der Waals surface area contributed by atoms with E-state index < -0.39 is 28.2 Å². The zero-order chi connectivity index (χ0) is 10.2. The average Bonchev–Trinajstić information content (AvgIpc) is 2.07. The van der Waals surface area contributed by atoms with E-state index >= 15 is 0 Å². The highest BCUT2D eigenvalue weighted by Crippen LogP contribution is 2.27. The third kappa shape index (κ3) is 1.91. The maximum Gasteiger partial charge on any atom is 0.338 e. The first-order valence-corrected chi connectivity index (χ1v) is 4.47. The second-order valence-electron chi connectivity index (χ2n) is 2.15. The Morgan fingerprint density at radius 3 is 2.54 bits per heavy atom. The van der Waals surface area contributed by atoms with Crippen LogP contribution in [-0.4, -0.2) is 11.1 Å². The van der Waals surface area contributed by atoms with Crippen molar-refractivity contribution in [3.63, 3.8) is 0 Å². The molecule has 0 aliphatic heterocycles. The lowest BCUT2D eigenvalue weighted by Gasteiger charge is -2.02. The number of benzene rings is 1. The van der Waals surface area contributed by atoms with Crippen molar-refractivity contribution in [3.05, 3.63) is 31.9 Å². The van der Waals surface area contributed by atoms with Crippen LogP contribution in [0.15, 0.2) is 6.07 Å². The van der Waals surface area contributed by atoms with Gasteiger partial charge in [-0.15, -0.1) is 0 Å². The van der Waals surface area contributed by atoms with E-state index in [2.05, 4.69) is 0 Å². The fraction of sp³-hybridized carbons (Fsp3) is 0. The zero-order valence-electron chi connectivity index (χ0n) is 5.94. The van der Waals surface area contributed by atoms with Crippen LogP contribution in [-0.2, 0) is 0 Å². The maximum atomic E-state index is 13.0. The lowest BCUT2D eigenvalue weighted by molar-refractivity contribution is 0.0691. The van der Waals surface area contributed by atoms with Crippen molar-refractivity contribution >= 4 is 40.2 Å². The third-order valence-electron chi connectivity index (χ3n) is 1.33. The summed E-state index contributed by atoms with van der Waals surface area (Å²) in [5, 5.41) is 7.94. The Labute approximate surface area is 90.6 Å². The molecule has 0 aliphatic carbocycles. The zero-order valence-corrected chi connectivity index (χ0v) is 8.86. The van der Waals surface area contributed by atoms with Crippen molar-refractivity contribution in [1.82, 2.24) is 0 Å². The maximum absolute atomic E-state index is 13.0. The van der Waals surface area contributed by atoms with Gasteiger partial charge < -0.3 is 5.11 Å². The van der Waals surface area contributed by atoms with Crippen LogP contribution in [0.1, 0.15) is 10.4 Å². The van der Waals surface area contributed by atoms with E-state index in [9.17, 15) is 13.6 Å². The number of hydrogen-bond donors (Lipinski definition) is 1. The Morgan fingerprint density at radius 2 is 2.08 bits per heavy atom. The highest BCUT2D eigenvalue weighted by molar-refractivity contribution is 14.1. The molecule has 1 rings (SSSR count). The Bertz CT molecular complexity index is 381. The van der Waals surface area contributed by atoms with E-state index in [1.54, 1.807) is 0 Å². The lowest BCUT2D eigenvalue weighted by Crippen LogP contribution is -2.03. The second-order valence-corrected chi connectivity index (χ2v) is 3.61. The molecule has 2 nitrogen and oxygen atoms in total. The van der Waals surface area contributed by atoms with Crippen molar-refractivity contribution in [2.75, 3.05) is 0 Å². The molecular weight excluding hydrogens is 316 g/mol. The molecule has 1 aromatic rings. The number of carboxylic acids is 1. The lowest BCUT2D eigenvalue weighted by atomic mass is 10.2. The highest BCUT2D eigenvalue weighted by atomic mass is 127. The van der Waals surface area contributed by atoms with Gasteiger partial charge in [-0.1, -0.05) is 11.6 Å². The molecule has 70 valence electrons. The molecule has 0 aliphatic rings. The predicted molar refractivity (Wildman–Crippen MR) is 51.0 cm³/mol. The minimum atomic E-state index is -1.55. The Morgan fingerprint density at radius 1 is 1.54 bits per heavy atom. The molecule has 0 spiro atoms. The van der Waals surface area contributed by atoms with Crippen LogP contribution in [0.25, 0.3) is 0 Å². The van der Waals surface area contributed by atoms with Gasteiger partial charge in [0.25, 0.3) is 0 Å². The van der Waals surface area contributed by atoms with Crippen LogP contribution in [0.5, 0.6) is 0 Å². The average molecular weight is 318 g/mol. The van der Waals surface area contributed by atoms with Crippen molar-refractivity contribution < 1.29 is 18.7 Å². The van der Waals surface area contributed by atoms with Gasteiger partial charge in [-0.3, -0.25) is 0 Å². The van der Waals surface area contributed by atoms with Crippen LogP contribution < -0.4 is 0 Å². The smallest absolute Gasteiger partial charge is 0.338 e. The fourth-order valence-electron chi connectivity index (χ4n) is 0.728. The molecule has 1 aromatic carbocycles. The number of hydrogen-bond acceptors (Lipinski definition) is 1. The molecule has 0 amide bonds. The van der Waals surface area contributed by atoms with E-state index in [-0.39, 0.29) is 3.57 Å².